The highest BCUT2D eigenvalue weighted by atomic mass is 79.9. The van der Waals surface area contributed by atoms with Gasteiger partial charge in [0.05, 0.1) is 24.8 Å². The Morgan fingerprint density at radius 3 is 2.68 bits per heavy atom. The van der Waals surface area contributed by atoms with Crippen molar-refractivity contribution < 1.29 is 9.13 Å². The molecule has 2 nitrogen and oxygen atoms in total. The predicted octanol–water partition coefficient (Wildman–Crippen LogP) is 4.18. The molecule has 0 aliphatic carbocycles. The van der Waals surface area contributed by atoms with E-state index >= 15 is 0 Å². The molecule has 0 saturated heterocycles. The van der Waals surface area contributed by atoms with Crippen LogP contribution in [-0.2, 0) is 18.0 Å². The van der Waals surface area contributed by atoms with Crippen molar-refractivity contribution >= 4 is 15.9 Å². The van der Waals surface area contributed by atoms with Gasteiger partial charge in [0.15, 0.2) is 0 Å². The van der Waals surface area contributed by atoms with Crippen molar-refractivity contribution in [2.45, 2.75) is 13.2 Å². The number of ether oxygens (including phenoxy) is 1. The van der Waals surface area contributed by atoms with Gasteiger partial charge in [0.1, 0.15) is 5.82 Å². The van der Waals surface area contributed by atoms with Gasteiger partial charge in [0.2, 0.25) is 0 Å². The van der Waals surface area contributed by atoms with Crippen LogP contribution < -0.4 is 0 Å². The van der Waals surface area contributed by atoms with E-state index in [1.54, 1.807) is 6.07 Å². The van der Waals surface area contributed by atoms with Gasteiger partial charge in [-0.3, -0.25) is 0 Å². The van der Waals surface area contributed by atoms with Crippen LogP contribution >= 0.6 is 15.9 Å². The highest BCUT2D eigenvalue weighted by molar-refractivity contribution is 9.10. The monoisotopic (exact) mass is 319 g/mol. The van der Waals surface area contributed by atoms with E-state index in [-0.39, 0.29) is 6.61 Å². The number of benzene rings is 2. The zero-order chi connectivity index (χ0) is 13.7. The Labute approximate surface area is 119 Å². The van der Waals surface area contributed by atoms with Crippen LogP contribution in [0.4, 0.5) is 4.39 Å². The van der Waals surface area contributed by atoms with E-state index in [1.807, 2.05) is 30.3 Å². The highest BCUT2D eigenvalue weighted by Gasteiger charge is 2.02. The number of nitrogens with zero attached hydrogens (tertiary/aromatic N) is 1. The zero-order valence-corrected chi connectivity index (χ0v) is 11.7. The topological polar surface area (TPSA) is 33.0 Å². The first-order valence-corrected chi connectivity index (χ1v) is 6.49. The largest absolute Gasteiger partial charge is 0.372 e. The van der Waals surface area contributed by atoms with Gasteiger partial charge in [-0.05, 0) is 35.4 Å². The van der Waals surface area contributed by atoms with Gasteiger partial charge in [-0.15, -0.1) is 0 Å². The Morgan fingerprint density at radius 1 is 1.16 bits per heavy atom. The quantitative estimate of drug-likeness (QED) is 0.847. The van der Waals surface area contributed by atoms with Crippen molar-refractivity contribution in [2.75, 3.05) is 0 Å². The summed E-state index contributed by atoms with van der Waals surface area (Å²) in [5.74, 6) is -0.418. The van der Waals surface area contributed by atoms with Crippen molar-refractivity contribution in [3.8, 4) is 6.07 Å². The summed E-state index contributed by atoms with van der Waals surface area (Å²) in [7, 11) is 0. The van der Waals surface area contributed by atoms with Gasteiger partial charge in [0, 0.05) is 4.47 Å². The van der Waals surface area contributed by atoms with Crippen LogP contribution in [0.5, 0.6) is 0 Å². The summed E-state index contributed by atoms with van der Waals surface area (Å²) in [6.07, 6.45) is 0. The molecule has 0 radical (unpaired) electrons. The number of hydrogen-bond acceptors (Lipinski definition) is 2. The smallest absolute Gasteiger partial charge is 0.124 e. The SMILES string of the molecule is N#Cc1cc(F)cc(COCc2ccccc2Br)c1. The molecule has 0 aliphatic heterocycles. The fourth-order valence-corrected chi connectivity index (χ4v) is 2.09. The molecule has 0 aromatic heterocycles. The maximum atomic E-state index is 13.2. The predicted molar refractivity (Wildman–Crippen MR) is 73.8 cm³/mol. The molecule has 0 heterocycles. The molecule has 0 spiro atoms. The number of halogens is 2. The first kappa shape index (κ1) is 13.7. The summed E-state index contributed by atoms with van der Waals surface area (Å²) in [5.41, 5.74) is 1.99. The summed E-state index contributed by atoms with van der Waals surface area (Å²) < 4.78 is 19.7. The molecule has 2 aromatic rings. The fraction of sp³-hybridized carbons (Fsp3) is 0.133. The second kappa shape index (κ2) is 6.46. The van der Waals surface area contributed by atoms with Gasteiger partial charge in [-0.25, -0.2) is 4.39 Å². The Bertz CT molecular complexity index is 622. The van der Waals surface area contributed by atoms with E-state index in [1.165, 1.54) is 12.1 Å². The first-order chi connectivity index (χ1) is 9.19. The molecule has 0 aliphatic rings. The molecule has 19 heavy (non-hydrogen) atoms. The van der Waals surface area contributed by atoms with E-state index in [2.05, 4.69) is 15.9 Å². The van der Waals surface area contributed by atoms with Gasteiger partial charge in [-0.2, -0.15) is 5.26 Å². The molecular weight excluding hydrogens is 309 g/mol. The molecule has 96 valence electrons. The Kier molecular flexibility index (Phi) is 4.67. The summed E-state index contributed by atoms with van der Waals surface area (Å²) in [6, 6.07) is 13.9. The molecule has 2 rings (SSSR count). The first-order valence-electron chi connectivity index (χ1n) is 5.70. The van der Waals surface area contributed by atoms with Gasteiger partial charge in [0.25, 0.3) is 0 Å². The molecule has 0 unspecified atom stereocenters. The molecule has 0 atom stereocenters. The Hall–Kier alpha value is -1.70. The lowest BCUT2D eigenvalue weighted by atomic mass is 10.1. The minimum atomic E-state index is -0.418. The number of hydrogen-bond donors (Lipinski definition) is 0. The van der Waals surface area contributed by atoms with E-state index in [0.717, 1.165) is 10.0 Å². The van der Waals surface area contributed by atoms with Crippen LogP contribution in [0, 0.1) is 17.1 Å². The van der Waals surface area contributed by atoms with Crippen LogP contribution in [0.15, 0.2) is 46.9 Å². The third kappa shape index (κ3) is 3.88. The average Bonchev–Trinajstić information content (AvgIpc) is 2.40. The summed E-state index contributed by atoms with van der Waals surface area (Å²) in [6.45, 7) is 0.702. The van der Waals surface area contributed by atoms with E-state index < -0.39 is 5.82 Å². The fourth-order valence-electron chi connectivity index (χ4n) is 1.69. The zero-order valence-electron chi connectivity index (χ0n) is 10.1. The molecule has 0 N–H and O–H groups in total. The Balaban J connectivity index is 1.98. The van der Waals surface area contributed by atoms with Crippen LogP contribution in [0.25, 0.3) is 0 Å². The van der Waals surface area contributed by atoms with Gasteiger partial charge >= 0.3 is 0 Å². The lowest BCUT2D eigenvalue weighted by Gasteiger charge is -2.07. The normalized spacial score (nSPS) is 10.2. The summed E-state index contributed by atoms with van der Waals surface area (Å²) >= 11 is 3.43. The van der Waals surface area contributed by atoms with Crippen molar-refractivity contribution in [1.29, 1.82) is 5.26 Å². The standard InChI is InChI=1S/C15H11BrFNO/c16-15-4-2-1-3-13(15)10-19-9-12-5-11(8-18)6-14(17)7-12/h1-7H,9-10H2. The van der Waals surface area contributed by atoms with Crippen LogP contribution in [0.1, 0.15) is 16.7 Å². The van der Waals surface area contributed by atoms with Gasteiger partial charge in [-0.1, -0.05) is 34.1 Å². The van der Waals surface area contributed by atoms with Crippen molar-refractivity contribution in [3.05, 3.63) is 69.4 Å². The van der Waals surface area contributed by atoms with Gasteiger partial charge < -0.3 is 4.74 Å². The molecule has 2 aromatic carbocycles. The molecule has 0 saturated carbocycles. The lowest BCUT2D eigenvalue weighted by Crippen LogP contribution is -1.96. The third-order valence-corrected chi connectivity index (χ3v) is 3.34. The Morgan fingerprint density at radius 2 is 1.95 bits per heavy atom. The molecule has 0 fully saturated rings. The number of nitriles is 1. The minimum absolute atomic E-state index is 0.272. The van der Waals surface area contributed by atoms with E-state index in [4.69, 9.17) is 10.00 Å². The maximum Gasteiger partial charge on any atom is 0.124 e. The van der Waals surface area contributed by atoms with Crippen molar-refractivity contribution in [2.24, 2.45) is 0 Å². The van der Waals surface area contributed by atoms with E-state index in [0.29, 0.717) is 17.7 Å². The minimum Gasteiger partial charge on any atom is -0.372 e. The molecular formula is C15H11BrFNO. The van der Waals surface area contributed by atoms with Crippen LogP contribution in [-0.4, -0.2) is 0 Å². The van der Waals surface area contributed by atoms with Crippen molar-refractivity contribution in [1.82, 2.24) is 0 Å². The number of rotatable bonds is 4. The summed E-state index contributed by atoms with van der Waals surface area (Å²) in [4.78, 5) is 0. The second-order valence-corrected chi connectivity index (χ2v) is 4.90. The van der Waals surface area contributed by atoms with Crippen molar-refractivity contribution in [3.63, 3.8) is 0 Å². The second-order valence-electron chi connectivity index (χ2n) is 4.04. The highest BCUT2D eigenvalue weighted by Crippen LogP contribution is 2.17. The summed E-state index contributed by atoms with van der Waals surface area (Å²) in [5, 5.41) is 8.76. The van der Waals surface area contributed by atoms with Crippen LogP contribution in [0.2, 0.25) is 0 Å². The van der Waals surface area contributed by atoms with Crippen LogP contribution in [0.3, 0.4) is 0 Å². The lowest BCUT2D eigenvalue weighted by molar-refractivity contribution is 0.106. The molecule has 0 amide bonds. The third-order valence-electron chi connectivity index (χ3n) is 2.57. The molecule has 0 bridgehead atoms. The molecule has 4 heteroatoms. The average molecular weight is 320 g/mol. The van der Waals surface area contributed by atoms with E-state index in [9.17, 15) is 4.39 Å². The maximum absolute atomic E-state index is 13.2.